The number of rotatable bonds is 12. The molecule has 15 rings (SSSR count). The maximum Gasteiger partial charge on any atom is 0.164 e. The van der Waals surface area contributed by atoms with Crippen LogP contribution in [0.3, 0.4) is 0 Å². The molecule has 0 spiro atoms. The van der Waals surface area contributed by atoms with Gasteiger partial charge in [0.25, 0.3) is 0 Å². The molecule has 2 heterocycles. The number of hydrogen-bond acceptors (Lipinski definition) is 3. The van der Waals surface area contributed by atoms with Crippen molar-refractivity contribution >= 4 is 21.8 Å². The summed E-state index contributed by atoms with van der Waals surface area (Å²) in [5, 5.41) is 2.47. The molecule has 0 aliphatic carbocycles. The van der Waals surface area contributed by atoms with Crippen LogP contribution in [0.5, 0.6) is 0 Å². The van der Waals surface area contributed by atoms with E-state index in [0.29, 0.717) is 17.5 Å². The molecule has 0 saturated heterocycles. The van der Waals surface area contributed by atoms with Crippen LogP contribution in [0.1, 0.15) is 0 Å². The number of fused-ring (bicyclic) bond motifs is 3. The first-order valence-corrected chi connectivity index (χ1v) is 28.9. The Hall–Kier alpha value is -11.3. The fraction of sp³-hybridized carbons (Fsp3) is 0. The van der Waals surface area contributed by atoms with Gasteiger partial charge in [0.05, 0.1) is 11.0 Å². The zero-order valence-electron chi connectivity index (χ0n) is 46.5. The summed E-state index contributed by atoms with van der Waals surface area (Å²) in [6.07, 6.45) is 0. The Morgan fingerprint density at radius 2 is 0.400 bits per heavy atom. The van der Waals surface area contributed by atoms with E-state index in [9.17, 15) is 0 Å². The maximum atomic E-state index is 5.32. The van der Waals surface area contributed by atoms with Crippen molar-refractivity contribution in [2.45, 2.75) is 0 Å². The number of hydrogen-bond donors (Lipinski definition) is 0. The molecule has 0 bridgehead atoms. The molecule has 0 aliphatic rings. The Kier molecular flexibility index (Phi) is 13.2. The van der Waals surface area contributed by atoms with E-state index in [1.165, 1.54) is 55.2 Å². The van der Waals surface area contributed by atoms with Crippen LogP contribution >= 0.6 is 0 Å². The van der Waals surface area contributed by atoms with Gasteiger partial charge in [-0.3, -0.25) is 0 Å². The van der Waals surface area contributed by atoms with Gasteiger partial charge >= 0.3 is 0 Å². The van der Waals surface area contributed by atoms with Gasteiger partial charge in [0.1, 0.15) is 0 Å². The number of nitrogens with zero attached hydrogens (tertiary/aromatic N) is 4. The lowest BCUT2D eigenvalue weighted by Crippen LogP contribution is -2.00. The summed E-state index contributed by atoms with van der Waals surface area (Å²) in [5.41, 5.74) is 24.5. The molecule has 0 amide bonds. The lowest BCUT2D eigenvalue weighted by molar-refractivity contribution is 1.07. The van der Waals surface area contributed by atoms with E-state index < -0.39 is 0 Å². The zero-order chi connectivity index (χ0) is 56.5. The summed E-state index contributed by atoms with van der Waals surface area (Å²) >= 11 is 0. The lowest BCUT2D eigenvalue weighted by Gasteiger charge is -2.13. The van der Waals surface area contributed by atoms with Gasteiger partial charge < -0.3 is 4.57 Å². The summed E-state index contributed by atoms with van der Waals surface area (Å²) in [6, 6.07) is 117. The Labute approximate surface area is 495 Å². The third kappa shape index (κ3) is 10.2. The SMILES string of the molecule is c1ccc(-c2cccc(-c3cccc(-c4cccc(-c5ccc(-c6nc(-c7cccc(-c8cccc(-c9cccc(-c%10ccccc%10)c9)c8)c7)nc(-c7cccc(-c8cccc(-n9c%10ccccc%10c%10ccccc%109)c8)c7)n6)cc5)c4)c3)c2)cc1. The number of aromatic nitrogens is 4. The van der Waals surface area contributed by atoms with E-state index in [4.69, 9.17) is 15.0 Å². The molecule has 85 heavy (non-hydrogen) atoms. The van der Waals surface area contributed by atoms with Gasteiger partial charge in [-0.05, 0) is 156 Å². The molecule has 0 N–H and O–H groups in total. The molecular weight excluding hydrogens is 1030 g/mol. The average Bonchev–Trinajstić information content (AvgIpc) is 3.20. The minimum Gasteiger partial charge on any atom is -0.309 e. The van der Waals surface area contributed by atoms with Crippen LogP contribution in [0.2, 0.25) is 0 Å². The highest BCUT2D eigenvalue weighted by Crippen LogP contribution is 2.38. The highest BCUT2D eigenvalue weighted by Gasteiger charge is 2.17. The third-order valence-corrected chi connectivity index (χ3v) is 16.2. The number of benzene rings is 13. The smallest absolute Gasteiger partial charge is 0.164 e. The summed E-state index contributed by atoms with van der Waals surface area (Å²) in [5.74, 6) is 1.79. The van der Waals surface area contributed by atoms with Crippen molar-refractivity contribution in [2.24, 2.45) is 0 Å². The topological polar surface area (TPSA) is 43.6 Å². The second-order valence-corrected chi connectivity index (χ2v) is 21.6. The first-order chi connectivity index (χ1) is 42.1. The summed E-state index contributed by atoms with van der Waals surface area (Å²) in [7, 11) is 0. The monoisotopic (exact) mass is 1080 g/mol. The van der Waals surface area contributed by atoms with Crippen LogP contribution < -0.4 is 0 Å². The summed E-state index contributed by atoms with van der Waals surface area (Å²) < 4.78 is 2.37. The van der Waals surface area contributed by atoms with Crippen molar-refractivity contribution in [1.82, 2.24) is 19.5 Å². The van der Waals surface area contributed by atoms with Crippen LogP contribution in [0.25, 0.3) is 151 Å². The van der Waals surface area contributed by atoms with Gasteiger partial charge in [0, 0.05) is 33.2 Å². The minimum atomic E-state index is 0.594. The van der Waals surface area contributed by atoms with E-state index in [1.54, 1.807) is 0 Å². The van der Waals surface area contributed by atoms with E-state index in [0.717, 1.165) is 78.0 Å². The summed E-state index contributed by atoms with van der Waals surface area (Å²) in [6.45, 7) is 0. The molecule has 0 saturated carbocycles. The molecule has 4 nitrogen and oxygen atoms in total. The van der Waals surface area contributed by atoms with Gasteiger partial charge in [-0.1, -0.05) is 261 Å². The first-order valence-electron chi connectivity index (χ1n) is 28.9. The van der Waals surface area contributed by atoms with Crippen molar-refractivity contribution in [3.8, 4) is 129 Å². The maximum absolute atomic E-state index is 5.32. The predicted molar refractivity (Wildman–Crippen MR) is 354 cm³/mol. The van der Waals surface area contributed by atoms with Crippen LogP contribution in [0.4, 0.5) is 0 Å². The van der Waals surface area contributed by atoms with Gasteiger partial charge in [-0.15, -0.1) is 0 Å². The van der Waals surface area contributed by atoms with Crippen molar-refractivity contribution in [2.75, 3.05) is 0 Å². The molecular formula is C81H54N4. The molecule has 0 radical (unpaired) electrons. The Morgan fingerprint density at radius 3 is 0.765 bits per heavy atom. The van der Waals surface area contributed by atoms with Crippen LogP contribution in [0, 0.1) is 0 Å². The van der Waals surface area contributed by atoms with E-state index >= 15 is 0 Å². The quantitative estimate of drug-likeness (QED) is 0.122. The minimum absolute atomic E-state index is 0.594. The highest BCUT2D eigenvalue weighted by molar-refractivity contribution is 6.09. The molecule has 13 aromatic carbocycles. The largest absolute Gasteiger partial charge is 0.309 e. The van der Waals surface area contributed by atoms with Gasteiger partial charge in [-0.25, -0.2) is 15.0 Å². The Morgan fingerprint density at radius 1 is 0.165 bits per heavy atom. The molecule has 0 fully saturated rings. The van der Waals surface area contributed by atoms with Crippen molar-refractivity contribution in [3.05, 3.63) is 328 Å². The lowest BCUT2D eigenvalue weighted by atomic mass is 9.94. The standard InChI is InChI=1S/C81H54N4/c1-3-19-55(20-4-1)59-23-11-26-62(47-59)65-29-14-30-66(50-65)64-28-13-25-61(49-64)57-43-45-58(46-44-57)79-82-80(72-36-16-33-69(52-72)68-32-15-31-67(51-68)63-27-12-24-60(48-63)56-21-5-2-6-22-56)84-81(83-79)73-37-17-34-70(53-73)71-35-18-38-74(54-71)85-77-41-9-7-39-75(77)76-40-8-10-42-78(76)85/h1-54H. The van der Waals surface area contributed by atoms with Crippen LogP contribution in [0.15, 0.2) is 328 Å². The first kappa shape index (κ1) is 50.6. The van der Waals surface area contributed by atoms with Crippen LogP contribution in [-0.2, 0) is 0 Å². The van der Waals surface area contributed by atoms with Crippen molar-refractivity contribution < 1.29 is 0 Å². The van der Waals surface area contributed by atoms with Crippen LogP contribution in [-0.4, -0.2) is 19.5 Å². The molecule has 15 aromatic rings. The normalized spacial score (nSPS) is 11.3. The average molecular weight is 1080 g/mol. The Bertz CT molecular complexity index is 4890. The second-order valence-electron chi connectivity index (χ2n) is 21.6. The van der Waals surface area contributed by atoms with Gasteiger partial charge in [-0.2, -0.15) is 0 Å². The highest BCUT2D eigenvalue weighted by atomic mass is 15.0. The fourth-order valence-corrected chi connectivity index (χ4v) is 11.9. The molecule has 0 aliphatic heterocycles. The van der Waals surface area contributed by atoms with E-state index in [2.05, 4.69) is 332 Å². The molecule has 0 unspecified atom stereocenters. The van der Waals surface area contributed by atoms with Crippen molar-refractivity contribution in [1.29, 1.82) is 0 Å². The van der Waals surface area contributed by atoms with E-state index in [-0.39, 0.29) is 0 Å². The van der Waals surface area contributed by atoms with Crippen molar-refractivity contribution in [3.63, 3.8) is 0 Å². The van der Waals surface area contributed by atoms with Gasteiger partial charge in [0.2, 0.25) is 0 Å². The fourth-order valence-electron chi connectivity index (χ4n) is 11.9. The second kappa shape index (κ2) is 22.2. The zero-order valence-corrected chi connectivity index (χ0v) is 46.5. The summed E-state index contributed by atoms with van der Waals surface area (Å²) in [4.78, 5) is 15.9. The molecule has 4 heteroatoms. The predicted octanol–water partition coefficient (Wildman–Crippen LogP) is 21.3. The Balaban J connectivity index is 0.783. The molecule has 2 aromatic heterocycles. The molecule has 0 atom stereocenters. The third-order valence-electron chi connectivity index (χ3n) is 16.2. The van der Waals surface area contributed by atoms with E-state index in [1.807, 2.05) is 0 Å². The molecule has 398 valence electrons. The van der Waals surface area contributed by atoms with Gasteiger partial charge in [0.15, 0.2) is 17.5 Å². The number of para-hydroxylation sites is 2.